The highest BCUT2D eigenvalue weighted by molar-refractivity contribution is 8.27. The molecule has 2 aliphatic rings. The van der Waals surface area contributed by atoms with Crippen LogP contribution in [0.2, 0.25) is 0 Å². The summed E-state index contributed by atoms with van der Waals surface area (Å²) in [6.07, 6.45) is 1.70. The molecule has 1 fully saturated rings. The summed E-state index contributed by atoms with van der Waals surface area (Å²) >= 11 is 6.55. The molecular weight excluding hydrogens is 349 g/mol. The molecule has 4 rings (SSSR count). The van der Waals surface area contributed by atoms with Crippen molar-refractivity contribution in [2.24, 2.45) is 0 Å². The van der Waals surface area contributed by atoms with E-state index < -0.39 is 0 Å². The number of carbonyl (C=O) groups excluding carboxylic acids is 1. The van der Waals surface area contributed by atoms with Gasteiger partial charge in [-0.3, -0.25) is 9.69 Å². The van der Waals surface area contributed by atoms with Gasteiger partial charge in [-0.1, -0.05) is 36.1 Å². The fraction of sp³-hybridized carbons (Fsp3) is 0.0588. The molecule has 120 valence electrons. The summed E-state index contributed by atoms with van der Waals surface area (Å²) in [6, 6.07) is 11.2. The Labute approximate surface area is 146 Å². The fourth-order valence-corrected chi connectivity index (χ4v) is 3.72. The van der Waals surface area contributed by atoms with Crippen molar-refractivity contribution in [1.29, 1.82) is 0 Å². The lowest BCUT2D eigenvalue weighted by Crippen LogP contribution is -2.27. The van der Waals surface area contributed by atoms with Gasteiger partial charge in [0.25, 0.3) is 5.91 Å². The number of benzene rings is 2. The lowest BCUT2D eigenvalue weighted by atomic mass is 10.2. The van der Waals surface area contributed by atoms with Crippen molar-refractivity contribution in [2.75, 3.05) is 11.7 Å². The van der Waals surface area contributed by atoms with Crippen LogP contribution in [0.4, 0.5) is 10.1 Å². The molecule has 0 saturated carbocycles. The summed E-state index contributed by atoms with van der Waals surface area (Å²) in [5, 5.41) is 0. The number of fused-ring (bicyclic) bond motifs is 1. The minimum Gasteiger partial charge on any atom is -0.454 e. The van der Waals surface area contributed by atoms with Gasteiger partial charge in [-0.25, -0.2) is 4.39 Å². The van der Waals surface area contributed by atoms with Crippen LogP contribution in [-0.4, -0.2) is 17.0 Å². The number of hydrogen-bond acceptors (Lipinski definition) is 5. The van der Waals surface area contributed by atoms with Crippen LogP contribution < -0.4 is 14.4 Å². The average molecular weight is 359 g/mol. The number of nitrogens with zero attached hydrogens (tertiary/aromatic N) is 1. The van der Waals surface area contributed by atoms with Crippen molar-refractivity contribution in [1.82, 2.24) is 0 Å². The van der Waals surface area contributed by atoms with Crippen LogP contribution in [0.3, 0.4) is 0 Å². The highest BCUT2D eigenvalue weighted by Gasteiger charge is 2.34. The number of amides is 1. The quantitative estimate of drug-likeness (QED) is 0.599. The molecule has 0 aliphatic carbocycles. The van der Waals surface area contributed by atoms with E-state index in [1.54, 1.807) is 36.4 Å². The van der Waals surface area contributed by atoms with Gasteiger partial charge in [0.05, 0.1) is 10.6 Å². The molecule has 7 heteroatoms. The Balaban J connectivity index is 1.65. The van der Waals surface area contributed by atoms with E-state index in [9.17, 15) is 9.18 Å². The first kappa shape index (κ1) is 15.2. The average Bonchev–Trinajstić information content (AvgIpc) is 3.14. The Kier molecular flexibility index (Phi) is 3.74. The molecule has 1 amide bonds. The first-order valence-electron chi connectivity index (χ1n) is 7.05. The standard InChI is InChI=1S/C17H10FNO3S2/c18-11-3-1-10(2-4-11)7-15-16(20)19(17(23)24-15)12-5-6-13-14(8-12)22-9-21-13/h1-8H,9H2/b15-7+. The second-order valence-electron chi connectivity index (χ2n) is 5.11. The first-order valence-corrected chi connectivity index (χ1v) is 8.27. The maximum absolute atomic E-state index is 13.0. The number of ether oxygens (including phenoxy) is 2. The van der Waals surface area contributed by atoms with Crippen molar-refractivity contribution < 1.29 is 18.7 Å². The number of hydrogen-bond donors (Lipinski definition) is 0. The highest BCUT2D eigenvalue weighted by Crippen LogP contribution is 2.40. The lowest BCUT2D eigenvalue weighted by Gasteiger charge is -2.14. The maximum Gasteiger partial charge on any atom is 0.270 e. The third-order valence-electron chi connectivity index (χ3n) is 3.58. The van der Waals surface area contributed by atoms with E-state index in [-0.39, 0.29) is 18.5 Å². The Bertz CT molecular complexity index is 880. The molecule has 2 aromatic rings. The van der Waals surface area contributed by atoms with Crippen LogP contribution in [0, 0.1) is 5.82 Å². The lowest BCUT2D eigenvalue weighted by molar-refractivity contribution is -0.113. The van der Waals surface area contributed by atoms with E-state index in [0.717, 1.165) is 5.56 Å². The molecular formula is C17H10FNO3S2. The molecule has 2 aromatic carbocycles. The van der Waals surface area contributed by atoms with Gasteiger partial charge in [-0.2, -0.15) is 0 Å². The second-order valence-corrected chi connectivity index (χ2v) is 6.78. The molecule has 0 bridgehead atoms. The Hall–Kier alpha value is -2.38. The van der Waals surface area contributed by atoms with E-state index in [1.165, 1.54) is 28.8 Å². The van der Waals surface area contributed by atoms with Gasteiger partial charge in [-0.15, -0.1) is 0 Å². The second kappa shape index (κ2) is 5.92. The minimum atomic E-state index is -0.319. The molecule has 2 aliphatic heterocycles. The number of rotatable bonds is 2. The van der Waals surface area contributed by atoms with Gasteiger partial charge >= 0.3 is 0 Å². The molecule has 0 radical (unpaired) electrons. The number of anilines is 1. The predicted molar refractivity (Wildman–Crippen MR) is 94.6 cm³/mol. The van der Waals surface area contributed by atoms with E-state index in [4.69, 9.17) is 21.7 Å². The summed E-state index contributed by atoms with van der Waals surface area (Å²) in [7, 11) is 0. The van der Waals surface area contributed by atoms with E-state index in [0.29, 0.717) is 26.4 Å². The number of halogens is 1. The van der Waals surface area contributed by atoms with Crippen molar-refractivity contribution in [2.45, 2.75) is 0 Å². The highest BCUT2D eigenvalue weighted by atomic mass is 32.2. The first-order chi connectivity index (χ1) is 11.6. The molecule has 24 heavy (non-hydrogen) atoms. The number of carbonyl (C=O) groups is 1. The smallest absolute Gasteiger partial charge is 0.270 e. The SMILES string of the molecule is O=C1/C(=C\c2ccc(F)cc2)SC(=S)N1c1ccc2c(c1)OCO2. The third-order valence-corrected chi connectivity index (χ3v) is 4.88. The molecule has 0 atom stereocenters. The molecule has 4 nitrogen and oxygen atoms in total. The van der Waals surface area contributed by atoms with Crippen LogP contribution in [0.1, 0.15) is 5.56 Å². The Morgan fingerprint density at radius 1 is 1.12 bits per heavy atom. The van der Waals surface area contributed by atoms with Crippen LogP contribution in [0.25, 0.3) is 6.08 Å². The molecule has 0 N–H and O–H groups in total. The predicted octanol–water partition coefficient (Wildman–Crippen LogP) is 3.96. The van der Waals surface area contributed by atoms with Crippen molar-refractivity contribution in [3.05, 3.63) is 58.8 Å². The monoisotopic (exact) mass is 359 g/mol. The molecule has 0 unspecified atom stereocenters. The molecule has 0 spiro atoms. The third kappa shape index (κ3) is 2.65. The molecule has 0 aromatic heterocycles. The molecule has 2 heterocycles. The summed E-state index contributed by atoms with van der Waals surface area (Å²) in [5.74, 6) is 0.698. The van der Waals surface area contributed by atoms with Crippen LogP contribution in [0.15, 0.2) is 47.4 Å². The van der Waals surface area contributed by atoms with Crippen molar-refractivity contribution >= 4 is 46.0 Å². The Morgan fingerprint density at radius 2 is 1.88 bits per heavy atom. The van der Waals surface area contributed by atoms with Gasteiger partial charge in [0.2, 0.25) is 6.79 Å². The van der Waals surface area contributed by atoms with Gasteiger partial charge in [-0.05, 0) is 35.9 Å². The topological polar surface area (TPSA) is 38.8 Å². The normalized spacial score (nSPS) is 17.9. The largest absolute Gasteiger partial charge is 0.454 e. The zero-order valence-electron chi connectivity index (χ0n) is 12.2. The van der Waals surface area contributed by atoms with E-state index >= 15 is 0 Å². The van der Waals surface area contributed by atoms with Crippen LogP contribution >= 0.6 is 24.0 Å². The maximum atomic E-state index is 13.0. The van der Waals surface area contributed by atoms with Gasteiger partial charge in [0.1, 0.15) is 5.82 Å². The van der Waals surface area contributed by atoms with Crippen molar-refractivity contribution in [3.8, 4) is 11.5 Å². The Morgan fingerprint density at radius 3 is 2.67 bits per heavy atom. The number of thiocarbonyl (C=S) groups is 1. The van der Waals surface area contributed by atoms with Gasteiger partial charge in [0, 0.05) is 6.07 Å². The van der Waals surface area contributed by atoms with Crippen molar-refractivity contribution in [3.63, 3.8) is 0 Å². The van der Waals surface area contributed by atoms with Gasteiger partial charge < -0.3 is 9.47 Å². The van der Waals surface area contributed by atoms with Crippen LogP contribution in [-0.2, 0) is 4.79 Å². The zero-order valence-corrected chi connectivity index (χ0v) is 13.8. The van der Waals surface area contributed by atoms with E-state index in [1.807, 2.05) is 0 Å². The fourth-order valence-electron chi connectivity index (χ4n) is 2.43. The summed E-state index contributed by atoms with van der Waals surface area (Å²) in [5.41, 5.74) is 1.37. The zero-order chi connectivity index (χ0) is 16.7. The molecule has 1 saturated heterocycles. The number of thioether (sulfide) groups is 1. The minimum absolute atomic E-state index is 0.168. The van der Waals surface area contributed by atoms with Crippen LogP contribution in [0.5, 0.6) is 11.5 Å². The summed E-state index contributed by atoms with van der Waals surface area (Å²) < 4.78 is 24.0. The van der Waals surface area contributed by atoms with Gasteiger partial charge in [0.15, 0.2) is 15.8 Å². The van der Waals surface area contributed by atoms with E-state index in [2.05, 4.69) is 0 Å². The summed E-state index contributed by atoms with van der Waals surface area (Å²) in [6.45, 7) is 0.168. The summed E-state index contributed by atoms with van der Waals surface area (Å²) in [4.78, 5) is 14.6.